The first kappa shape index (κ1) is 13.0. The number of carboxylic acid groups (broad SMARTS) is 1. The van der Waals surface area contributed by atoms with Gasteiger partial charge in [-0.25, -0.2) is 4.79 Å². The first-order valence-electron chi connectivity index (χ1n) is 5.73. The quantitative estimate of drug-likeness (QED) is 0.722. The molecule has 0 aliphatic heterocycles. The molecule has 1 aromatic carbocycles. The van der Waals surface area contributed by atoms with Crippen LogP contribution in [-0.2, 0) is 12.8 Å². The third-order valence-electron chi connectivity index (χ3n) is 2.89. The van der Waals surface area contributed by atoms with E-state index in [0.717, 1.165) is 18.4 Å². The minimum atomic E-state index is -1.07. The fourth-order valence-corrected chi connectivity index (χ4v) is 2.41. The van der Waals surface area contributed by atoms with E-state index in [1.807, 2.05) is 6.07 Å². The van der Waals surface area contributed by atoms with Crippen LogP contribution in [0.1, 0.15) is 11.1 Å². The van der Waals surface area contributed by atoms with Crippen LogP contribution in [0.15, 0.2) is 12.1 Å². The Balaban J connectivity index is 1.98. The second-order valence-electron chi connectivity index (χ2n) is 4.26. The molecule has 18 heavy (non-hydrogen) atoms. The van der Waals surface area contributed by atoms with Gasteiger partial charge in [-0.3, -0.25) is 0 Å². The Morgan fingerprint density at radius 2 is 2.33 bits per heavy atom. The number of fused-ring (bicyclic) bond motifs is 1. The average molecular weight is 271 g/mol. The molecule has 0 fully saturated rings. The maximum Gasteiger partial charge on any atom is 0.404 e. The lowest BCUT2D eigenvalue weighted by molar-refractivity contribution is 0.191. The number of ether oxygens (including phenoxy) is 1. The zero-order valence-electron chi connectivity index (χ0n) is 9.78. The number of halogens is 1. The minimum Gasteiger partial charge on any atom is -0.490 e. The van der Waals surface area contributed by atoms with E-state index in [1.165, 1.54) is 5.56 Å². The van der Waals surface area contributed by atoms with Crippen LogP contribution in [0.5, 0.6) is 5.75 Å². The first-order valence-corrected chi connectivity index (χ1v) is 6.11. The van der Waals surface area contributed by atoms with E-state index in [2.05, 4.69) is 5.32 Å². The summed E-state index contributed by atoms with van der Waals surface area (Å²) in [6, 6.07) is 3.90. The highest BCUT2D eigenvalue weighted by Gasteiger charge is 2.22. The molecule has 0 saturated carbocycles. The molecule has 6 heteroatoms. The van der Waals surface area contributed by atoms with Crippen molar-refractivity contribution < 1.29 is 14.6 Å². The topological polar surface area (TPSA) is 84.6 Å². The van der Waals surface area contributed by atoms with Crippen LogP contribution < -0.4 is 15.8 Å². The average Bonchev–Trinajstić information content (AvgIpc) is 2.68. The summed E-state index contributed by atoms with van der Waals surface area (Å²) < 4.78 is 5.45. The van der Waals surface area contributed by atoms with Gasteiger partial charge >= 0.3 is 6.09 Å². The SMILES string of the molecule is NC1Cc2ccc(OCCNC(=O)O)c(Cl)c2C1. The summed E-state index contributed by atoms with van der Waals surface area (Å²) in [5, 5.41) is 11.2. The molecule has 0 bridgehead atoms. The van der Waals surface area contributed by atoms with Crippen molar-refractivity contribution in [2.24, 2.45) is 5.73 Å². The van der Waals surface area contributed by atoms with Gasteiger partial charge in [0.25, 0.3) is 0 Å². The summed E-state index contributed by atoms with van der Waals surface area (Å²) in [7, 11) is 0. The Morgan fingerprint density at radius 1 is 1.56 bits per heavy atom. The Morgan fingerprint density at radius 3 is 3.06 bits per heavy atom. The molecule has 0 spiro atoms. The number of nitrogens with one attached hydrogen (secondary N) is 1. The van der Waals surface area contributed by atoms with Crippen molar-refractivity contribution in [3.05, 3.63) is 28.3 Å². The summed E-state index contributed by atoms with van der Waals surface area (Å²) in [6.45, 7) is 0.471. The summed E-state index contributed by atoms with van der Waals surface area (Å²) in [5.74, 6) is 0.580. The molecule has 4 N–H and O–H groups in total. The molecule has 0 aromatic heterocycles. The van der Waals surface area contributed by atoms with Crippen LogP contribution in [0.2, 0.25) is 5.02 Å². The number of carbonyl (C=O) groups is 1. The zero-order chi connectivity index (χ0) is 13.1. The zero-order valence-corrected chi connectivity index (χ0v) is 10.5. The van der Waals surface area contributed by atoms with Gasteiger partial charge < -0.3 is 20.9 Å². The van der Waals surface area contributed by atoms with Gasteiger partial charge in [0.1, 0.15) is 12.4 Å². The highest BCUT2D eigenvalue weighted by Crippen LogP contribution is 2.35. The van der Waals surface area contributed by atoms with Crippen molar-refractivity contribution in [1.82, 2.24) is 5.32 Å². The molecular formula is C12H15ClN2O3. The van der Waals surface area contributed by atoms with E-state index >= 15 is 0 Å². The van der Waals surface area contributed by atoms with Crippen molar-refractivity contribution in [2.75, 3.05) is 13.2 Å². The van der Waals surface area contributed by atoms with Crippen LogP contribution in [0.3, 0.4) is 0 Å². The van der Waals surface area contributed by atoms with Crippen molar-refractivity contribution in [2.45, 2.75) is 18.9 Å². The van der Waals surface area contributed by atoms with Crippen molar-refractivity contribution in [1.29, 1.82) is 0 Å². The molecule has 1 atom stereocenters. The van der Waals surface area contributed by atoms with Crippen LogP contribution in [0.4, 0.5) is 4.79 Å². The van der Waals surface area contributed by atoms with Gasteiger partial charge in [0.15, 0.2) is 0 Å². The third kappa shape index (κ3) is 2.86. The highest BCUT2D eigenvalue weighted by molar-refractivity contribution is 6.33. The van der Waals surface area contributed by atoms with E-state index in [4.69, 9.17) is 27.2 Å². The maximum atomic E-state index is 10.3. The van der Waals surface area contributed by atoms with E-state index in [-0.39, 0.29) is 19.2 Å². The number of rotatable bonds is 4. The van der Waals surface area contributed by atoms with Crippen LogP contribution in [-0.4, -0.2) is 30.4 Å². The van der Waals surface area contributed by atoms with Gasteiger partial charge in [-0.2, -0.15) is 0 Å². The van der Waals surface area contributed by atoms with Gasteiger partial charge in [-0.1, -0.05) is 17.7 Å². The fourth-order valence-electron chi connectivity index (χ4n) is 2.10. The van der Waals surface area contributed by atoms with Crippen LogP contribution >= 0.6 is 11.6 Å². The molecule has 1 aliphatic rings. The molecule has 5 nitrogen and oxygen atoms in total. The van der Waals surface area contributed by atoms with Crippen LogP contribution in [0, 0.1) is 0 Å². The molecule has 1 unspecified atom stereocenters. The minimum absolute atomic E-state index is 0.126. The maximum absolute atomic E-state index is 10.3. The number of hydrogen-bond donors (Lipinski definition) is 3. The van der Waals surface area contributed by atoms with Gasteiger partial charge in [-0.05, 0) is 30.0 Å². The van der Waals surface area contributed by atoms with Crippen LogP contribution in [0.25, 0.3) is 0 Å². The summed E-state index contributed by atoms with van der Waals surface area (Å²) >= 11 is 6.24. The normalized spacial score (nSPS) is 17.3. The lowest BCUT2D eigenvalue weighted by Crippen LogP contribution is -2.26. The smallest absolute Gasteiger partial charge is 0.404 e. The van der Waals surface area contributed by atoms with E-state index in [0.29, 0.717) is 10.8 Å². The number of amides is 1. The molecule has 1 aliphatic carbocycles. The van der Waals surface area contributed by atoms with Gasteiger partial charge in [0, 0.05) is 6.04 Å². The summed E-state index contributed by atoms with van der Waals surface area (Å²) in [4.78, 5) is 10.3. The van der Waals surface area contributed by atoms with E-state index < -0.39 is 6.09 Å². The fraction of sp³-hybridized carbons (Fsp3) is 0.417. The predicted octanol–water partition coefficient (Wildman–Crippen LogP) is 1.41. The highest BCUT2D eigenvalue weighted by atomic mass is 35.5. The summed E-state index contributed by atoms with van der Waals surface area (Å²) in [5.41, 5.74) is 8.10. The van der Waals surface area contributed by atoms with Crippen molar-refractivity contribution in [3.8, 4) is 5.75 Å². The van der Waals surface area contributed by atoms with E-state index in [1.54, 1.807) is 6.07 Å². The molecule has 0 saturated heterocycles. The lowest BCUT2D eigenvalue weighted by atomic mass is 10.1. The summed E-state index contributed by atoms with van der Waals surface area (Å²) in [6.07, 6.45) is 0.541. The van der Waals surface area contributed by atoms with Crippen molar-refractivity contribution in [3.63, 3.8) is 0 Å². The molecule has 0 heterocycles. The molecular weight excluding hydrogens is 256 g/mol. The molecule has 0 radical (unpaired) electrons. The lowest BCUT2D eigenvalue weighted by Gasteiger charge is -2.11. The van der Waals surface area contributed by atoms with E-state index in [9.17, 15) is 4.79 Å². The Labute approximate surface area is 110 Å². The number of benzene rings is 1. The second kappa shape index (κ2) is 5.46. The number of hydrogen-bond acceptors (Lipinski definition) is 3. The third-order valence-corrected chi connectivity index (χ3v) is 3.30. The largest absolute Gasteiger partial charge is 0.490 e. The Hall–Kier alpha value is -1.46. The Kier molecular flexibility index (Phi) is 3.93. The number of nitrogens with two attached hydrogens (primary N) is 1. The molecule has 1 amide bonds. The van der Waals surface area contributed by atoms with Gasteiger partial charge in [0.2, 0.25) is 0 Å². The molecule has 1 aromatic rings. The molecule has 2 rings (SSSR count). The van der Waals surface area contributed by atoms with Crippen molar-refractivity contribution >= 4 is 17.7 Å². The van der Waals surface area contributed by atoms with Gasteiger partial charge in [0.05, 0.1) is 11.6 Å². The Bertz CT molecular complexity index is 465. The predicted molar refractivity (Wildman–Crippen MR) is 68.4 cm³/mol. The standard InChI is InChI=1S/C12H15ClN2O3/c13-11-9-6-8(14)5-7(9)1-2-10(11)18-4-3-15-12(16)17/h1-2,8,15H,3-6,14H2,(H,16,17). The monoisotopic (exact) mass is 270 g/mol. The van der Waals surface area contributed by atoms with Gasteiger partial charge in [-0.15, -0.1) is 0 Å². The second-order valence-corrected chi connectivity index (χ2v) is 4.64. The molecule has 98 valence electrons. The first-order chi connectivity index (χ1) is 8.58.